The smallest absolute Gasteiger partial charge is 0.237 e. The number of carbonyl (C=O) groups excluding carboxylic acids is 2. The molecule has 0 fully saturated rings. The molecule has 7 heteroatoms. The summed E-state index contributed by atoms with van der Waals surface area (Å²) in [6, 6.07) is 14.5. The largest absolute Gasteiger partial charge is 0.398 e. The molecule has 5 N–H and O–H groups in total. The van der Waals surface area contributed by atoms with Crippen molar-refractivity contribution in [1.82, 2.24) is 9.97 Å². The zero-order valence-corrected chi connectivity index (χ0v) is 19.2. The number of ketones is 1. The van der Waals surface area contributed by atoms with Crippen LogP contribution in [0.5, 0.6) is 0 Å². The molecule has 1 amide bonds. The maximum atomic E-state index is 13.1. The molecule has 7 nitrogen and oxygen atoms in total. The van der Waals surface area contributed by atoms with Gasteiger partial charge in [0.2, 0.25) is 5.91 Å². The van der Waals surface area contributed by atoms with E-state index < -0.39 is 5.41 Å². The van der Waals surface area contributed by atoms with Gasteiger partial charge in [0.15, 0.2) is 5.78 Å². The first-order chi connectivity index (χ1) is 15.5. The van der Waals surface area contributed by atoms with Gasteiger partial charge in [0.25, 0.3) is 0 Å². The van der Waals surface area contributed by atoms with Crippen LogP contribution in [-0.4, -0.2) is 21.7 Å². The molecule has 0 saturated carbocycles. The molecule has 0 aliphatic heterocycles. The number of rotatable bonds is 5. The van der Waals surface area contributed by atoms with Gasteiger partial charge in [-0.2, -0.15) is 0 Å². The number of fused-ring (bicyclic) bond motifs is 2. The van der Waals surface area contributed by atoms with Crippen LogP contribution >= 0.6 is 0 Å². The molecule has 33 heavy (non-hydrogen) atoms. The Bertz CT molecular complexity index is 1340. The Balaban J connectivity index is 0.00000324. The van der Waals surface area contributed by atoms with E-state index in [0.29, 0.717) is 17.1 Å². The molecule has 4 aromatic rings. The minimum absolute atomic E-state index is 0. The van der Waals surface area contributed by atoms with Crippen molar-refractivity contribution in [2.45, 2.75) is 34.1 Å². The third-order valence-corrected chi connectivity index (χ3v) is 5.89. The van der Waals surface area contributed by atoms with E-state index in [4.69, 9.17) is 11.5 Å². The van der Waals surface area contributed by atoms with Crippen molar-refractivity contribution < 1.29 is 15.3 Å². The number of nitrogen functional groups attached to an aromatic ring is 2. The highest BCUT2D eigenvalue weighted by atomic mass is 16.2. The quantitative estimate of drug-likeness (QED) is 0.354. The summed E-state index contributed by atoms with van der Waals surface area (Å²) in [4.78, 5) is 35.1. The lowest BCUT2D eigenvalue weighted by Crippen LogP contribution is -2.39. The molecule has 2 heterocycles. The number of Topliss-reactive ketones (excluding diaryl/α,β-unsaturated/α-hetero) is 1. The number of benzene rings is 2. The Morgan fingerprint density at radius 3 is 2.03 bits per heavy atom. The van der Waals surface area contributed by atoms with Crippen LogP contribution < -0.4 is 16.8 Å². The van der Waals surface area contributed by atoms with Gasteiger partial charge in [0.05, 0.1) is 11.0 Å². The molecule has 4 rings (SSSR count). The Morgan fingerprint density at radius 1 is 0.879 bits per heavy atom. The predicted molar refractivity (Wildman–Crippen MR) is 141 cm³/mol. The monoisotopic (exact) mass is 449 g/mol. The summed E-state index contributed by atoms with van der Waals surface area (Å²) >= 11 is 0. The molecule has 0 saturated heterocycles. The summed E-state index contributed by atoms with van der Waals surface area (Å²) in [6.07, 6.45) is 0.109. The zero-order chi connectivity index (χ0) is 23.9. The van der Waals surface area contributed by atoms with E-state index in [9.17, 15) is 9.59 Å². The summed E-state index contributed by atoms with van der Waals surface area (Å²) in [6.45, 7) is 7.02. The number of pyridine rings is 2. The van der Waals surface area contributed by atoms with E-state index in [2.05, 4.69) is 15.3 Å². The lowest BCUT2D eigenvalue weighted by molar-refractivity contribution is -0.136. The number of aromatic nitrogens is 2. The Hall–Kier alpha value is -4.00. The van der Waals surface area contributed by atoms with Crippen LogP contribution in [0.4, 0.5) is 17.1 Å². The maximum Gasteiger partial charge on any atom is 0.237 e. The standard InChI is InChI=1S/C26H27N5O2.4H2/c1-14-9-20(27)18-11-16(5-7-22(18)29-14)12-24(32)26(3,4)25(33)31-17-6-8-23-19(13-17)21(28)10-15(2)30-23;;;;/h5-11,13H,12H2,1-4H3,(H2,27,29)(H2,28,30)(H,31,33);4*1H. The number of carbonyl (C=O) groups is 2. The summed E-state index contributed by atoms with van der Waals surface area (Å²) in [5, 5.41) is 4.40. The number of hydrogen-bond acceptors (Lipinski definition) is 6. The average Bonchev–Trinajstić information content (AvgIpc) is 2.74. The first-order valence-electron chi connectivity index (χ1n) is 10.7. The summed E-state index contributed by atoms with van der Waals surface area (Å²) in [5.74, 6) is -0.585. The lowest BCUT2D eigenvalue weighted by Gasteiger charge is -2.22. The molecule has 0 radical (unpaired) electrons. The van der Waals surface area contributed by atoms with E-state index in [-0.39, 0.29) is 23.8 Å². The van der Waals surface area contributed by atoms with Crippen LogP contribution in [0.2, 0.25) is 0 Å². The topological polar surface area (TPSA) is 124 Å². The number of hydrogen-bond donors (Lipinski definition) is 3. The number of nitrogens with zero attached hydrogens (tertiary/aromatic N) is 2. The van der Waals surface area contributed by atoms with Crippen LogP contribution in [-0.2, 0) is 16.0 Å². The Kier molecular flexibility index (Phi) is 5.49. The first-order valence-corrected chi connectivity index (χ1v) is 10.7. The van der Waals surface area contributed by atoms with Crippen LogP contribution in [0.3, 0.4) is 0 Å². The molecule has 0 atom stereocenters. The zero-order valence-electron chi connectivity index (χ0n) is 19.2. The van der Waals surface area contributed by atoms with Crippen molar-refractivity contribution in [2.75, 3.05) is 16.8 Å². The minimum atomic E-state index is -1.24. The summed E-state index contributed by atoms with van der Waals surface area (Å²) < 4.78 is 0. The SMILES string of the molecule is Cc1cc(N)c2cc(CC(=O)C(C)(C)C(=O)Nc3ccc4nc(C)cc(N)c4c3)ccc2n1.[HH].[HH].[HH].[HH]. The fourth-order valence-electron chi connectivity index (χ4n) is 3.83. The van der Waals surface area contributed by atoms with Crippen LogP contribution in [0, 0.1) is 19.3 Å². The van der Waals surface area contributed by atoms with Crippen molar-refractivity contribution in [1.29, 1.82) is 0 Å². The van der Waals surface area contributed by atoms with Crippen molar-refractivity contribution in [3.63, 3.8) is 0 Å². The highest BCUT2D eigenvalue weighted by Gasteiger charge is 2.35. The highest BCUT2D eigenvalue weighted by Crippen LogP contribution is 2.28. The summed E-state index contributed by atoms with van der Waals surface area (Å²) in [5.41, 5.74) is 16.7. The third-order valence-electron chi connectivity index (χ3n) is 5.89. The van der Waals surface area contributed by atoms with Gasteiger partial charge in [0, 0.05) is 51.3 Å². The predicted octanol–water partition coefficient (Wildman–Crippen LogP) is 5.32. The van der Waals surface area contributed by atoms with Gasteiger partial charge in [-0.1, -0.05) is 6.07 Å². The maximum absolute atomic E-state index is 13.1. The summed E-state index contributed by atoms with van der Waals surface area (Å²) in [7, 11) is 0. The fourth-order valence-corrected chi connectivity index (χ4v) is 3.83. The molecule has 0 spiro atoms. The third kappa shape index (κ3) is 4.35. The van der Waals surface area contributed by atoms with Gasteiger partial charge in [-0.3, -0.25) is 19.6 Å². The number of anilines is 3. The minimum Gasteiger partial charge on any atom is -0.398 e. The first kappa shape index (κ1) is 22.2. The van der Waals surface area contributed by atoms with Crippen LogP contribution in [0.15, 0.2) is 48.5 Å². The molecule has 2 aromatic carbocycles. The van der Waals surface area contributed by atoms with Crippen molar-refractivity contribution in [3.8, 4) is 0 Å². The van der Waals surface area contributed by atoms with Gasteiger partial charge >= 0.3 is 0 Å². The average molecular weight is 450 g/mol. The molecule has 0 unspecified atom stereocenters. The second-order valence-corrected chi connectivity index (χ2v) is 8.97. The molecule has 0 aliphatic rings. The Morgan fingerprint density at radius 2 is 1.42 bits per heavy atom. The Labute approximate surface area is 198 Å². The van der Waals surface area contributed by atoms with Gasteiger partial charge < -0.3 is 16.8 Å². The second-order valence-electron chi connectivity index (χ2n) is 8.97. The number of nitrogens with one attached hydrogen (secondary N) is 1. The van der Waals surface area contributed by atoms with Crippen LogP contribution in [0.1, 0.15) is 36.5 Å². The number of amides is 1. The van der Waals surface area contributed by atoms with Gasteiger partial charge in [-0.05, 0) is 75.7 Å². The highest BCUT2D eigenvalue weighted by molar-refractivity contribution is 6.11. The van der Waals surface area contributed by atoms with E-state index in [0.717, 1.165) is 38.8 Å². The molecule has 176 valence electrons. The van der Waals surface area contributed by atoms with Crippen molar-refractivity contribution in [3.05, 3.63) is 65.5 Å². The van der Waals surface area contributed by atoms with Crippen molar-refractivity contribution in [2.24, 2.45) is 5.41 Å². The normalized spacial score (nSPS) is 11.6. The molecule has 0 bridgehead atoms. The van der Waals surface area contributed by atoms with Gasteiger partial charge in [0.1, 0.15) is 5.41 Å². The van der Waals surface area contributed by atoms with E-state index in [1.54, 1.807) is 44.2 Å². The van der Waals surface area contributed by atoms with Crippen LogP contribution in [0.25, 0.3) is 21.8 Å². The molecular weight excluding hydrogens is 414 g/mol. The number of aryl methyl sites for hydroxylation is 2. The fraction of sp³-hybridized carbons (Fsp3) is 0.231. The lowest BCUT2D eigenvalue weighted by atomic mass is 9.83. The molecular formula is C26H35N5O2. The second kappa shape index (κ2) is 8.16. The van der Waals surface area contributed by atoms with Crippen molar-refractivity contribution >= 4 is 50.6 Å². The van der Waals surface area contributed by atoms with E-state index in [1.807, 2.05) is 32.0 Å². The van der Waals surface area contributed by atoms with E-state index >= 15 is 0 Å². The van der Waals surface area contributed by atoms with Gasteiger partial charge in [-0.25, -0.2) is 0 Å². The molecule has 0 aliphatic carbocycles. The molecule has 2 aromatic heterocycles. The number of nitrogens with two attached hydrogens (primary N) is 2. The van der Waals surface area contributed by atoms with Gasteiger partial charge in [-0.15, -0.1) is 0 Å². The van der Waals surface area contributed by atoms with E-state index in [1.165, 1.54) is 0 Å².